The largest absolute Gasteiger partial charge is 0.466 e. The van der Waals surface area contributed by atoms with Crippen LogP contribution in [0, 0.1) is 0 Å². The second-order valence-electron chi connectivity index (χ2n) is 5.37. The van der Waals surface area contributed by atoms with Gasteiger partial charge in [-0.05, 0) is 30.5 Å². The van der Waals surface area contributed by atoms with Crippen LogP contribution in [-0.4, -0.2) is 22.6 Å². The molecule has 1 aromatic carbocycles. The first-order valence-electron chi connectivity index (χ1n) is 7.27. The highest BCUT2D eigenvalue weighted by atomic mass is 32.1. The van der Waals surface area contributed by atoms with Crippen molar-refractivity contribution in [1.82, 2.24) is 9.55 Å². The number of para-hydroxylation sites is 2. The zero-order valence-corrected chi connectivity index (χ0v) is 13.6. The van der Waals surface area contributed by atoms with Gasteiger partial charge in [0.2, 0.25) is 5.95 Å². The van der Waals surface area contributed by atoms with Gasteiger partial charge in [-0.2, -0.15) is 0 Å². The maximum absolute atomic E-state index is 12.4. The van der Waals surface area contributed by atoms with Crippen LogP contribution < -0.4 is 5.32 Å². The molecule has 2 aromatic heterocycles. The number of imidazole rings is 1. The normalized spacial score (nSPS) is 17.0. The fraction of sp³-hybridized carbons (Fsp3) is 0.176. The van der Waals surface area contributed by atoms with Gasteiger partial charge in [0.05, 0.1) is 23.7 Å². The van der Waals surface area contributed by atoms with Crippen LogP contribution >= 0.6 is 11.3 Å². The molecule has 0 radical (unpaired) electrons. The standard InChI is InChI=1S/C17H15N3O2S/c1-10-14(16(21)22-2)15(13-8-5-9-23-13)20-12-7-4-3-6-11(12)19-17(20)18-10/h3-9,15H,1-2H3,(H,18,19)/t15-/m0/s1. The number of anilines is 1. The van der Waals surface area contributed by atoms with Gasteiger partial charge in [0.25, 0.3) is 0 Å². The molecule has 1 aliphatic rings. The number of ether oxygens (including phenoxy) is 1. The summed E-state index contributed by atoms with van der Waals surface area (Å²) in [6.07, 6.45) is 0. The predicted octanol–water partition coefficient (Wildman–Crippen LogP) is 3.56. The van der Waals surface area contributed by atoms with Crippen molar-refractivity contribution in [2.75, 3.05) is 12.4 Å². The third kappa shape index (κ3) is 2.06. The van der Waals surface area contributed by atoms with Crippen LogP contribution in [-0.2, 0) is 9.53 Å². The highest BCUT2D eigenvalue weighted by Gasteiger charge is 2.35. The molecule has 6 heteroatoms. The lowest BCUT2D eigenvalue weighted by molar-refractivity contribution is -0.136. The van der Waals surface area contributed by atoms with Gasteiger partial charge in [-0.1, -0.05) is 18.2 Å². The molecule has 3 heterocycles. The van der Waals surface area contributed by atoms with Crippen LogP contribution in [0.3, 0.4) is 0 Å². The van der Waals surface area contributed by atoms with Crippen LogP contribution in [0.25, 0.3) is 11.0 Å². The van der Waals surface area contributed by atoms with E-state index in [0.29, 0.717) is 5.57 Å². The number of nitrogens with one attached hydrogen (secondary N) is 1. The number of esters is 1. The Bertz CT molecular complexity index is 925. The smallest absolute Gasteiger partial charge is 0.338 e. The van der Waals surface area contributed by atoms with Crippen molar-refractivity contribution < 1.29 is 9.53 Å². The highest BCUT2D eigenvalue weighted by Crippen LogP contribution is 2.40. The van der Waals surface area contributed by atoms with Crippen molar-refractivity contribution >= 4 is 34.3 Å². The Morgan fingerprint density at radius 1 is 1.30 bits per heavy atom. The lowest BCUT2D eigenvalue weighted by atomic mass is 10.0. The zero-order chi connectivity index (χ0) is 16.0. The first-order valence-corrected chi connectivity index (χ1v) is 8.15. The van der Waals surface area contributed by atoms with Crippen LogP contribution in [0.2, 0.25) is 0 Å². The van der Waals surface area contributed by atoms with E-state index in [1.165, 1.54) is 7.11 Å². The molecule has 0 saturated carbocycles. The fourth-order valence-electron chi connectivity index (χ4n) is 3.05. The van der Waals surface area contributed by atoms with E-state index < -0.39 is 0 Å². The molecule has 4 rings (SSSR count). The lowest BCUT2D eigenvalue weighted by Gasteiger charge is -2.28. The molecule has 0 unspecified atom stereocenters. The van der Waals surface area contributed by atoms with Crippen LogP contribution in [0.4, 0.5) is 5.95 Å². The molecule has 0 saturated heterocycles. The number of allylic oxidation sites excluding steroid dienone is 1. The van der Waals surface area contributed by atoms with E-state index in [-0.39, 0.29) is 12.0 Å². The average molecular weight is 325 g/mol. The SMILES string of the molecule is COC(=O)C1=C(C)Nc2nc3ccccc3n2[C@H]1c1cccs1. The van der Waals surface area contributed by atoms with Crippen LogP contribution in [0.1, 0.15) is 17.8 Å². The predicted molar refractivity (Wildman–Crippen MR) is 90.5 cm³/mol. The minimum Gasteiger partial charge on any atom is -0.466 e. The van der Waals surface area contributed by atoms with Gasteiger partial charge in [0.1, 0.15) is 6.04 Å². The summed E-state index contributed by atoms with van der Waals surface area (Å²) in [6.45, 7) is 1.88. The number of aromatic nitrogens is 2. The quantitative estimate of drug-likeness (QED) is 0.732. The third-order valence-electron chi connectivity index (χ3n) is 4.05. The third-order valence-corrected chi connectivity index (χ3v) is 4.97. The molecule has 1 N–H and O–H groups in total. The van der Waals surface area contributed by atoms with E-state index in [1.807, 2.05) is 48.7 Å². The molecule has 0 aliphatic carbocycles. The Labute approximate surface area is 137 Å². The monoisotopic (exact) mass is 325 g/mol. The van der Waals surface area contributed by atoms with Crippen LogP contribution in [0.5, 0.6) is 0 Å². The van der Waals surface area contributed by atoms with Crippen molar-refractivity contribution in [2.24, 2.45) is 0 Å². The minimum absolute atomic E-state index is 0.230. The maximum atomic E-state index is 12.4. The molecule has 23 heavy (non-hydrogen) atoms. The number of nitrogens with zero attached hydrogens (tertiary/aromatic N) is 2. The van der Waals surface area contributed by atoms with E-state index in [9.17, 15) is 4.79 Å². The molecular weight excluding hydrogens is 310 g/mol. The van der Waals surface area contributed by atoms with Crippen molar-refractivity contribution in [3.8, 4) is 0 Å². The Morgan fingerprint density at radius 3 is 2.87 bits per heavy atom. The van der Waals surface area contributed by atoms with Gasteiger partial charge < -0.3 is 10.1 Å². The molecule has 0 fully saturated rings. The number of benzene rings is 1. The summed E-state index contributed by atoms with van der Waals surface area (Å²) < 4.78 is 7.10. The van der Waals surface area contributed by atoms with Gasteiger partial charge >= 0.3 is 5.97 Å². The molecule has 0 amide bonds. The van der Waals surface area contributed by atoms with Gasteiger partial charge in [-0.25, -0.2) is 9.78 Å². The summed E-state index contributed by atoms with van der Waals surface area (Å²) in [7, 11) is 1.41. The minimum atomic E-state index is -0.322. The molecule has 3 aromatic rings. The number of hydrogen-bond donors (Lipinski definition) is 1. The number of carbonyl (C=O) groups excluding carboxylic acids is 1. The number of methoxy groups -OCH3 is 1. The summed E-state index contributed by atoms with van der Waals surface area (Å²) in [6, 6.07) is 11.7. The number of rotatable bonds is 2. The summed E-state index contributed by atoms with van der Waals surface area (Å²) in [5.74, 6) is 0.423. The second kappa shape index (κ2) is 5.24. The topological polar surface area (TPSA) is 56.1 Å². The molecular formula is C17H15N3O2S. The summed E-state index contributed by atoms with van der Waals surface area (Å²) in [5, 5.41) is 5.26. The summed E-state index contributed by atoms with van der Waals surface area (Å²) in [5.41, 5.74) is 3.28. The van der Waals surface area contributed by atoms with Gasteiger partial charge in [0.15, 0.2) is 0 Å². The van der Waals surface area contributed by atoms with Crippen LogP contribution in [0.15, 0.2) is 53.0 Å². The molecule has 0 spiro atoms. The van der Waals surface area contributed by atoms with Crippen molar-refractivity contribution in [1.29, 1.82) is 0 Å². The highest BCUT2D eigenvalue weighted by molar-refractivity contribution is 7.10. The number of thiophene rings is 1. The summed E-state index contributed by atoms with van der Waals surface area (Å²) in [4.78, 5) is 18.1. The lowest BCUT2D eigenvalue weighted by Crippen LogP contribution is -2.28. The maximum Gasteiger partial charge on any atom is 0.338 e. The Kier molecular flexibility index (Phi) is 3.20. The number of fused-ring (bicyclic) bond motifs is 3. The first kappa shape index (κ1) is 14.0. The van der Waals surface area contributed by atoms with E-state index in [2.05, 4.69) is 14.9 Å². The average Bonchev–Trinajstić information content (AvgIpc) is 3.20. The molecule has 116 valence electrons. The van der Waals surface area contributed by atoms with Crippen molar-refractivity contribution in [2.45, 2.75) is 13.0 Å². The van der Waals surface area contributed by atoms with Crippen molar-refractivity contribution in [3.63, 3.8) is 0 Å². The van der Waals surface area contributed by atoms with E-state index in [0.717, 1.165) is 27.6 Å². The first-order chi connectivity index (χ1) is 11.2. The van der Waals surface area contributed by atoms with E-state index in [1.54, 1.807) is 11.3 Å². The van der Waals surface area contributed by atoms with Crippen molar-refractivity contribution in [3.05, 3.63) is 57.9 Å². The Morgan fingerprint density at radius 2 is 2.13 bits per heavy atom. The molecule has 1 aliphatic heterocycles. The van der Waals surface area contributed by atoms with E-state index >= 15 is 0 Å². The zero-order valence-electron chi connectivity index (χ0n) is 12.7. The molecule has 1 atom stereocenters. The Balaban J connectivity index is 2.02. The summed E-state index contributed by atoms with van der Waals surface area (Å²) >= 11 is 1.62. The molecule has 5 nitrogen and oxygen atoms in total. The van der Waals surface area contributed by atoms with E-state index in [4.69, 9.17) is 4.74 Å². The van der Waals surface area contributed by atoms with Gasteiger partial charge in [-0.3, -0.25) is 4.57 Å². The number of carbonyl (C=O) groups is 1. The second-order valence-corrected chi connectivity index (χ2v) is 6.35. The number of hydrogen-bond acceptors (Lipinski definition) is 5. The Hall–Kier alpha value is -2.60. The van der Waals surface area contributed by atoms with Gasteiger partial charge in [-0.15, -0.1) is 11.3 Å². The molecule has 0 bridgehead atoms. The fourth-order valence-corrected chi connectivity index (χ4v) is 3.88. The van der Waals surface area contributed by atoms with Gasteiger partial charge in [0, 0.05) is 10.6 Å².